The van der Waals surface area contributed by atoms with Gasteiger partial charge in [0.05, 0.1) is 22.7 Å². The van der Waals surface area contributed by atoms with Crippen molar-refractivity contribution in [2.75, 3.05) is 16.0 Å². The SMILES string of the molecule is O=C(C[C@@H]1Nc2ccccc2NC1=O)Nc1ccc(Cl)cc1[N+](=O)[O-]. The van der Waals surface area contributed by atoms with Gasteiger partial charge >= 0.3 is 0 Å². The number of nitrogens with zero attached hydrogens (tertiary/aromatic N) is 1. The Morgan fingerprint density at radius 3 is 2.68 bits per heavy atom. The van der Waals surface area contributed by atoms with Crippen LogP contribution in [0.1, 0.15) is 6.42 Å². The third-order valence-corrected chi connectivity index (χ3v) is 3.89. The standard InChI is InChI=1S/C16H13ClN4O4/c17-9-5-6-12(14(7-9)21(24)25)19-15(22)8-13-16(23)20-11-4-2-1-3-10(11)18-13/h1-7,13,18H,8H2,(H,19,22)(H,20,23)/t13-/m0/s1. The summed E-state index contributed by atoms with van der Waals surface area (Å²) in [6.45, 7) is 0. The Morgan fingerprint density at radius 1 is 1.24 bits per heavy atom. The Morgan fingerprint density at radius 2 is 1.96 bits per heavy atom. The number of hydrogen-bond donors (Lipinski definition) is 3. The minimum Gasteiger partial charge on any atom is -0.372 e. The van der Waals surface area contributed by atoms with Crippen molar-refractivity contribution in [1.82, 2.24) is 0 Å². The fraction of sp³-hybridized carbons (Fsp3) is 0.125. The zero-order valence-electron chi connectivity index (χ0n) is 12.8. The molecule has 2 aromatic carbocycles. The quantitative estimate of drug-likeness (QED) is 0.573. The predicted octanol–water partition coefficient (Wildman–Crippen LogP) is 3.01. The molecule has 25 heavy (non-hydrogen) atoms. The number of nitro benzene ring substituents is 1. The lowest BCUT2D eigenvalue weighted by Crippen LogP contribution is -2.41. The number of nitro groups is 1. The molecule has 8 nitrogen and oxygen atoms in total. The maximum atomic E-state index is 12.2. The topological polar surface area (TPSA) is 113 Å². The van der Waals surface area contributed by atoms with Gasteiger partial charge in [-0.3, -0.25) is 19.7 Å². The molecule has 1 atom stereocenters. The fourth-order valence-electron chi connectivity index (χ4n) is 2.48. The van der Waals surface area contributed by atoms with Crippen molar-refractivity contribution >= 4 is 46.2 Å². The monoisotopic (exact) mass is 360 g/mol. The molecule has 0 aromatic heterocycles. The van der Waals surface area contributed by atoms with Crippen molar-refractivity contribution in [2.45, 2.75) is 12.5 Å². The summed E-state index contributed by atoms with van der Waals surface area (Å²) in [4.78, 5) is 34.7. The largest absolute Gasteiger partial charge is 0.372 e. The molecule has 9 heteroatoms. The maximum Gasteiger partial charge on any atom is 0.294 e. The van der Waals surface area contributed by atoms with Crippen molar-refractivity contribution in [1.29, 1.82) is 0 Å². The molecule has 0 unspecified atom stereocenters. The van der Waals surface area contributed by atoms with Gasteiger partial charge in [-0.15, -0.1) is 0 Å². The molecule has 0 aliphatic carbocycles. The van der Waals surface area contributed by atoms with Crippen LogP contribution in [0.3, 0.4) is 0 Å². The van der Waals surface area contributed by atoms with Crippen molar-refractivity contribution in [3.05, 3.63) is 57.6 Å². The Balaban J connectivity index is 1.72. The van der Waals surface area contributed by atoms with Crippen molar-refractivity contribution in [3.63, 3.8) is 0 Å². The van der Waals surface area contributed by atoms with Gasteiger partial charge in [-0.1, -0.05) is 23.7 Å². The van der Waals surface area contributed by atoms with Gasteiger partial charge in [0.15, 0.2) is 0 Å². The molecule has 3 N–H and O–H groups in total. The minimum absolute atomic E-state index is 0.0241. The molecule has 0 saturated heterocycles. The van der Waals surface area contributed by atoms with E-state index in [2.05, 4.69) is 16.0 Å². The van der Waals surface area contributed by atoms with E-state index in [4.69, 9.17) is 11.6 Å². The van der Waals surface area contributed by atoms with Crippen molar-refractivity contribution in [2.24, 2.45) is 0 Å². The lowest BCUT2D eigenvalue weighted by Gasteiger charge is -2.26. The second-order valence-electron chi connectivity index (χ2n) is 5.40. The Labute approximate surface area is 147 Å². The highest BCUT2D eigenvalue weighted by Crippen LogP contribution is 2.29. The number of halogens is 1. The van der Waals surface area contributed by atoms with Crippen LogP contribution in [0.25, 0.3) is 0 Å². The first-order valence-corrected chi connectivity index (χ1v) is 7.72. The molecule has 2 aromatic rings. The van der Waals surface area contributed by atoms with Crippen LogP contribution < -0.4 is 16.0 Å². The van der Waals surface area contributed by atoms with Gasteiger partial charge in [0.25, 0.3) is 5.69 Å². The second-order valence-corrected chi connectivity index (χ2v) is 5.84. The van der Waals surface area contributed by atoms with Crippen LogP contribution in [0, 0.1) is 10.1 Å². The van der Waals surface area contributed by atoms with E-state index in [9.17, 15) is 19.7 Å². The number of fused-ring (bicyclic) bond motifs is 1. The number of anilines is 3. The molecule has 1 aliphatic heterocycles. The number of amides is 2. The molecule has 1 aliphatic rings. The van der Waals surface area contributed by atoms with Gasteiger partial charge in [0.1, 0.15) is 11.7 Å². The molecule has 1 heterocycles. The zero-order valence-corrected chi connectivity index (χ0v) is 13.5. The van der Waals surface area contributed by atoms with E-state index < -0.39 is 16.9 Å². The Hall–Kier alpha value is -3.13. The molecule has 2 amide bonds. The molecular weight excluding hydrogens is 348 g/mol. The summed E-state index contributed by atoms with van der Waals surface area (Å²) in [6, 6.07) is 10.3. The first-order chi connectivity index (χ1) is 11.9. The van der Waals surface area contributed by atoms with Crippen LogP contribution in [-0.4, -0.2) is 22.8 Å². The van der Waals surface area contributed by atoms with Crippen LogP contribution in [0.2, 0.25) is 5.02 Å². The van der Waals surface area contributed by atoms with Gasteiger partial charge in [-0.2, -0.15) is 0 Å². The summed E-state index contributed by atoms with van der Waals surface area (Å²) >= 11 is 5.74. The first-order valence-electron chi connectivity index (χ1n) is 7.34. The van der Waals surface area contributed by atoms with Crippen LogP contribution in [-0.2, 0) is 9.59 Å². The summed E-state index contributed by atoms with van der Waals surface area (Å²) in [5, 5.41) is 19.4. The number of carbonyl (C=O) groups excluding carboxylic acids is 2. The third kappa shape index (κ3) is 3.69. The third-order valence-electron chi connectivity index (χ3n) is 3.65. The maximum absolute atomic E-state index is 12.2. The highest BCUT2D eigenvalue weighted by molar-refractivity contribution is 6.31. The fourth-order valence-corrected chi connectivity index (χ4v) is 2.65. The van der Waals surface area contributed by atoms with E-state index in [0.717, 1.165) is 6.07 Å². The number of para-hydroxylation sites is 2. The highest BCUT2D eigenvalue weighted by atomic mass is 35.5. The molecule has 0 bridgehead atoms. The van der Waals surface area contributed by atoms with Crippen molar-refractivity contribution < 1.29 is 14.5 Å². The lowest BCUT2D eigenvalue weighted by molar-refractivity contribution is -0.383. The average molecular weight is 361 g/mol. The van der Waals surface area contributed by atoms with Crippen LogP contribution in [0.4, 0.5) is 22.7 Å². The highest BCUT2D eigenvalue weighted by Gasteiger charge is 2.28. The average Bonchev–Trinajstić information content (AvgIpc) is 2.57. The minimum atomic E-state index is -0.777. The van der Waals surface area contributed by atoms with Gasteiger partial charge in [0, 0.05) is 11.1 Å². The summed E-state index contributed by atoms with van der Waals surface area (Å²) < 4.78 is 0. The predicted molar refractivity (Wildman–Crippen MR) is 93.8 cm³/mol. The number of rotatable bonds is 4. The molecule has 0 saturated carbocycles. The summed E-state index contributed by atoms with van der Waals surface area (Å²) in [6.07, 6.45) is -0.181. The van der Waals surface area contributed by atoms with E-state index in [1.807, 2.05) is 0 Å². The van der Waals surface area contributed by atoms with Crippen LogP contribution in [0.15, 0.2) is 42.5 Å². The second kappa shape index (κ2) is 6.78. The first kappa shape index (κ1) is 16.7. The van der Waals surface area contributed by atoms with E-state index in [0.29, 0.717) is 11.4 Å². The van der Waals surface area contributed by atoms with Gasteiger partial charge in [-0.05, 0) is 24.3 Å². The molecule has 128 valence electrons. The normalized spacial score (nSPS) is 15.6. The number of benzene rings is 2. The zero-order chi connectivity index (χ0) is 18.0. The smallest absolute Gasteiger partial charge is 0.294 e. The molecule has 0 spiro atoms. The number of hydrogen-bond acceptors (Lipinski definition) is 5. The van der Waals surface area contributed by atoms with E-state index >= 15 is 0 Å². The van der Waals surface area contributed by atoms with Crippen molar-refractivity contribution in [3.8, 4) is 0 Å². The molecule has 3 rings (SSSR count). The summed E-state index contributed by atoms with van der Waals surface area (Å²) in [5.74, 6) is -0.878. The van der Waals surface area contributed by atoms with Gasteiger partial charge < -0.3 is 16.0 Å². The summed E-state index contributed by atoms with van der Waals surface area (Å²) in [5.41, 5.74) is 1.05. The Kier molecular flexibility index (Phi) is 4.53. The van der Waals surface area contributed by atoms with Crippen LogP contribution in [0.5, 0.6) is 0 Å². The van der Waals surface area contributed by atoms with Gasteiger partial charge in [-0.25, -0.2) is 0 Å². The number of nitrogens with one attached hydrogen (secondary N) is 3. The van der Waals surface area contributed by atoms with E-state index in [-0.39, 0.29) is 28.7 Å². The lowest BCUT2D eigenvalue weighted by atomic mass is 10.1. The molecular formula is C16H13ClN4O4. The Bertz CT molecular complexity index is 871. The number of carbonyl (C=O) groups is 2. The van der Waals surface area contributed by atoms with Gasteiger partial charge in [0.2, 0.25) is 11.8 Å². The summed E-state index contributed by atoms with van der Waals surface area (Å²) in [7, 11) is 0. The molecule has 0 fully saturated rings. The van der Waals surface area contributed by atoms with Crippen LogP contribution >= 0.6 is 11.6 Å². The van der Waals surface area contributed by atoms with E-state index in [1.54, 1.807) is 24.3 Å². The molecule has 0 radical (unpaired) electrons. The van der Waals surface area contributed by atoms with E-state index in [1.165, 1.54) is 12.1 Å².